The number of piperazine rings is 1. The molecule has 5 rings (SSSR count). The molecule has 3 heterocycles. The van der Waals surface area contributed by atoms with Crippen LogP contribution in [0, 0.1) is 0 Å². The summed E-state index contributed by atoms with van der Waals surface area (Å²) < 4.78 is 1.99. The van der Waals surface area contributed by atoms with Gasteiger partial charge in [-0.15, -0.1) is 5.10 Å². The Kier molecular flexibility index (Phi) is 5.61. The molecule has 6 nitrogen and oxygen atoms in total. The lowest BCUT2D eigenvalue weighted by Crippen LogP contribution is -2.46. The zero-order valence-electron chi connectivity index (χ0n) is 19.0. The van der Waals surface area contributed by atoms with E-state index in [4.69, 9.17) is 10.1 Å². The first-order valence-corrected chi connectivity index (χ1v) is 12.0. The fourth-order valence-corrected chi connectivity index (χ4v) is 5.02. The number of nitrogens with one attached hydrogen (secondary N) is 1. The molecular formula is C25H30N6S. The van der Waals surface area contributed by atoms with E-state index in [9.17, 15) is 0 Å². The van der Waals surface area contributed by atoms with Gasteiger partial charge >= 0.3 is 0 Å². The lowest BCUT2D eigenvalue weighted by Gasteiger charge is -2.34. The van der Waals surface area contributed by atoms with Crippen LogP contribution < -0.4 is 10.2 Å². The number of fused-ring (bicyclic) bond motifs is 1. The lowest BCUT2D eigenvalue weighted by atomic mass is 10.1. The molecule has 1 fully saturated rings. The zero-order chi connectivity index (χ0) is 22.1. The second-order valence-electron chi connectivity index (χ2n) is 9.38. The first kappa shape index (κ1) is 21.0. The molecule has 0 amide bonds. The molecule has 166 valence electrons. The van der Waals surface area contributed by atoms with Gasteiger partial charge < -0.3 is 10.2 Å². The molecule has 4 aromatic rings. The Labute approximate surface area is 193 Å². The van der Waals surface area contributed by atoms with E-state index in [1.807, 2.05) is 10.6 Å². The number of aromatic nitrogens is 3. The SMILES string of the molecule is CC(C)(C)Nc1c(-c2ccccc2)nc2sc(N3CCN(Cc4ccccc4)CC3)nn12. The van der Waals surface area contributed by atoms with E-state index in [0.717, 1.165) is 59.9 Å². The highest BCUT2D eigenvalue weighted by Crippen LogP contribution is 2.34. The molecule has 1 saturated heterocycles. The number of anilines is 2. The standard InChI is InChI=1S/C25H30N6S/c1-25(2,3)27-22-21(20-12-8-5-9-13-20)26-23-31(22)28-24(32-23)30-16-14-29(15-17-30)18-19-10-6-4-7-11-19/h4-13,27H,14-18H2,1-3H3. The maximum Gasteiger partial charge on any atom is 0.216 e. The minimum absolute atomic E-state index is 0.0909. The average Bonchev–Trinajstić information content (AvgIpc) is 3.34. The molecule has 0 aliphatic carbocycles. The van der Waals surface area contributed by atoms with E-state index in [-0.39, 0.29) is 5.54 Å². The first-order valence-electron chi connectivity index (χ1n) is 11.2. The normalized spacial score (nSPS) is 15.4. The van der Waals surface area contributed by atoms with Gasteiger partial charge in [-0.1, -0.05) is 72.0 Å². The molecule has 1 N–H and O–H groups in total. The molecule has 0 unspecified atom stereocenters. The van der Waals surface area contributed by atoms with Crippen LogP contribution in [0.25, 0.3) is 16.2 Å². The third-order valence-corrected chi connectivity index (χ3v) is 6.59. The van der Waals surface area contributed by atoms with Crippen LogP contribution in [-0.2, 0) is 6.54 Å². The minimum Gasteiger partial charge on any atom is -0.364 e. The van der Waals surface area contributed by atoms with Crippen LogP contribution in [0.3, 0.4) is 0 Å². The Hall–Kier alpha value is -2.90. The van der Waals surface area contributed by atoms with Crippen molar-refractivity contribution in [1.29, 1.82) is 0 Å². The second-order valence-corrected chi connectivity index (χ2v) is 10.3. The highest BCUT2D eigenvalue weighted by atomic mass is 32.1. The van der Waals surface area contributed by atoms with Gasteiger partial charge in [0.05, 0.1) is 0 Å². The number of nitrogens with zero attached hydrogens (tertiary/aromatic N) is 5. The number of benzene rings is 2. The topological polar surface area (TPSA) is 48.7 Å². The van der Waals surface area contributed by atoms with Crippen molar-refractivity contribution < 1.29 is 0 Å². The van der Waals surface area contributed by atoms with Crippen molar-refractivity contribution in [2.75, 3.05) is 36.4 Å². The quantitative estimate of drug-likeness (QED) is 0.468. The predicted octanol–water partition coefficient (Wildman–Crippen LogP) is 4.99. The van der Waals surface area contributed by atoms with Crippen LogP contribution in [0.4, 0.5) is 10.9 Å². The summed E-state index contributed by atoms with van der Waals surface area (Å²) in [6.45, 7) is 11.6. The van der Waals surface area contributed by atoms with E-state index in [0.29, 0.717) is 0 Å². The molecule has 32 heavy (non-hydrogen) atoms. The Morgan fingerprint density at radius 2 is 1.56 bits per heavy atom. The second kappa shape index (κ2) is 8.56. The van der Waals surface area contributed by atoms with E-state index in [2.05, 4.69) is 90.5 Å². The summed E-state index contributed by atoms with van der Waals surface area (Å²) in [6, 6.07) is 21.1. The zero-order valence-corrected chi connectivity index (χ0v) is 19.8. The highest BCUT2D eigenvalue weighted by Gasteiger charge is 2.25. The van der Waals surface area contributed by atoms with E-state index < -0.39 is 0 Å². The van der Waals surface area contributed by atoms with Gasteiger partial charge in [-0.2, -0.15) is 4.52 Å². The number of imidazole rings is 1. The molecular weight excluding hydrogens is 416 g/mol. The van der Waals surface area contributed by atoms with Crippen LogP contribution in [0.15, 0.2) is 60.7 Å². The molecule has 7 heteroatoms. The first-order chi connectivity index (χ1) is 15.5. The minimum atomic E-state index is -0.0909. The summed E-state index contributed by atoms with van der Waals surface area (Å²) in [5.41, 5.74) is 3.35. The van der Waals surface area contributed by atoms with Gasteiger partial charge in [0.25, 0.3) is 0 Å². The molecule has 1 aliphatic rings. The van der Waals surface area contributed by atoms with E-state index >= 15 is 0 Å². The Morgan fingerprint density at radius 1 is 0.906 bits per heavy atom. The third-order valence-electron chi connectivity index (χ3n) is 5.63. The van der Waals surface area contributed by atoms with Crippen molar-refractivity contribution in [3.63, 3.8) is 0 Å². The van der Waals surface area contributed by atoms with Gasteiger partial charge in [0.15, 0.2) is 5.82 Å². The fourth-order valence-electron chi connectivity index (χ4n) is 4.07. The smallest absolute Gasteiger partial charge is 0.216 e. The number of rotatable bonds is 5. The van der Waals surface area contributed by atoms with Gasteiger partial charge in [-0.3, -0.25) is 4.90 Å². The Balaban J connectivity index is 1.37. The van der Waals surface area contributed by atoms with Crippen LogP contribution in [0.5, 0.6) is 0 Å². The third kappa shape index (κ3) is 4.49. The van der Waals surface area contributed by atoms with Crippen LogP contribution in [0.2, 0.25) is 0 Å². The Bertz CT molecular complexity index is 1170. The van der Waals surface area contributed by atoms with Crippen molar-refractivity contribution in [2.24, 2.45) is 0 Å². The van der Waals surface area contributed by atoms with Gasteiger partial charge in [-0.25, -0.2) is 4.98 Å². The summed E-state index contributed by atoms with van der Waals surface area (Å²) in [7, 11) is 0. The summed E-state index contributed by atoms with van der Waals surface area (Å²) in [5.74, 6) is 0.962. The van der Waals surface area contributed by atoms with Gasteiger partial charge in [0.2, 0.25) is 10.1 Å². The van der Waals surface area contributed by atoms with E-state index in [1.54, 1.807) is 11.3 Å². The molecule has 0 spiro atoms. The summed E-state index contributed by atoms with van der Waals surface area (Å²) in [5, 5.41) is 9.68. The average molecular weight is 447 g/mol. The van der Waals surface area contributed by atoms with Crippen molar-refractivity contribution in [2.45, 2.75) is 32.9 Å². The maximum atomic E-state index is 4.99. The monoisotopic (exact) mass is 446 g/mol. The molecule has 2 aromatic heterocycles. The number of hydrogen-bond donors (Lipinski definition) is 1. The summed E-state index contributed by atoms with van der Waals surface area (Å²) >= 11 is 1.67. The van der Waals surface area contributed by atoms with Gasteiger partial charge in [0, 0.05) is 43.8 Å². The number of hydrogen-bond acceptors (Lipinski definition) is 6. The highest BCUT2D eigenvalue weighted by molar-refractivity contribution is 7.20. The van der Waals surface area contributed by atoms with Crippen molar-refractivity contribution in [3.8, 4) is 11.3 Å². The molecule has 2 aromatic carbocycles. The van der Waals surface area contributed by atoms with Gasteiger partial charge in [0.1, 0.15) is 5.69 Å². The van der Waals surface area contributed by atoms with Crippen LogP contribution in [-0.4, -0.2) is 51.2 Å². The van der Waals surface area contributed by atoms with Gasteiger partial charge in [-0.05, 0) is 26.3 Å². The molecule has 0 atom stereocenters. The van der Waals surface area contributed by atoms with Crippen LogP contribution >= 0.6 is 11.3 Å². The molecule has 1 aliphatic heterocycles. The largest absolute Gasteiger partial charge is 0.364 e. The van der Waals surface area contributed by atoms with Crippen molar-refractivity contribution in [1.82, 2.24) is 19.5 Å². The Morgan fingerprint density at radius 3 is 2.22 bits per heavy atom. The summed E-state index contributed by atoms with van der Waals surface area (Å²) in [4.78, 5) is 10.8. The van der Waals surface area contributed by atoms with Crippen molar-refractivity contribution >= 4 is 27.2 Å². The fraction of sp³-hybridized carbons (Fsp3) is 0.360. The molecule has 0 radical (unpaired) electrons. The molecule has 0 bridgehead atoms. The lowest BCUT2D eigenvalue weighted by molar-refractivity contribution is 0.249. The van der Waals surface area contributed by atoms with Crippen LogP contribution in [0.1, 0.15) is 26.3 Å². The molecule has 0 saturated carbocycles. The van der Waals surface area contributed by atoms with E-state index in [1.165, 1.54) is 5.56 Å². The maximum absolute atomic E-state index is 4.99. The summed E-state index contributed by atoms with van der Waals surface area (Å²) in [6.07, 6.45) is 0. The predicted molar refractivity (Wildman–Crippen MR) is 134 cm³/mol. The van der Waals surface area contributed by atoms with Crippen molar-refractivity contribution in [3.05, 3.63) is 66.2 Å².